The van der Waals surface area contributed by atoms with Gasteiger partial charge in [0.05, 0.1) is 18.7 Å². The Kier molecular flexibility index (Phi) is 5.51. The summed E-state index contributed by atoms with van der Waals surface area (Å²) in [5.74, 6) is -0.305. The minimum absolute atomic E-state index is 0.00771. The number of carbonyl (C=O) groups is 2. The molecular formula is C16H22N2O4. The Bertz CT molecular complexity index is 520. The van der Waals surface area contributed by atoms with E-state index in [1.807, 2.05) is 30.3 Å². The fourth-order valence-corrected chi connectivity index (χ4v) is 3.16. The molecular weight excluding hydrogens is 284 g/mol. The van der Waals surface area contributed by atoms with Gasteiger partial charge >= 0.3 is 0 Å². The van der Waals surface area contributed by atoms with E-state index < -0.39 is 0 Å². The standard InChI is InChI=1S/C16H22N2O4/c1-11(20)18-13(8-17-15(21)10-22-2)16(14(18)9-19)12-6-4-3-5-7-12/h3-7,13-14,16,19H,8-10H2,1-2H3,(H,17,21)/t13-,14+,16-/m1/s1. The van der Waals surface area contributed by atoms with Crippen molar-refractivity contribution < 1.29 is 19.4 Å². The van der Waals surface area contributed by atoms with Crippen molar-refractivity contribution in [1.82, 2.24) is 10.2 Å². The topological polar surface area (TPSA) is 78.9 Å². The van der Waals surface area contributed by atoms with Gasteiger partial charge in [0, 0.05) is 26.5 Å². The Hall–Kier alpha value is -1.92. The van der Waals surface area contributed by atoms with Crippen molar-refractivity contribution >= 4 is 11.8 Å². The summed E-state index contributed by atoms with van der Waals surface area (Å²) in [6.07, 6.45) is 0. The quantitative estimate of drug-likeness (QED) is 0.783. The van der Waals surface area contributed by atoms with Crippen molar-refractivity contribution in [3.63, 3.8) is 0 Å². The first kappa shape index (κ1) is 16.5. The summed E-state index contributed by atoms with van der Waals surface area (Å²) in [6.45, 7) is 1.72. The molecule has 120 valence electrons. The lowest BCUT2D eigenvalue weighted by Crippen LogP contribution is -2.68. The molecule has 0 aliphatic carbocycles. The highest BCUT2D eigenvalue weighted by Gasteiger charge is 2.49. The number of hydrogen-bond acceptors (Lipinski definition) is 4. The van der Waals surface area contributed by atoms with Crippen LogP contribution in [0.15, 0.2) is 30.3 Å². The lowest BCUT2D eigenvalue weighted by atomic mass is 9.75. The molecule has 0 bridgehead atoms. The molecule has 0 aromatic heterocycles. The van der Waals surface area contributed by atoms with Gasteiger partial charge in [-0.05, 0) is 5.56 Å². The third-order valence-corrected chi connectivity index (χ3v) is 4.06. The molecule has 22 heavy (non-hydrogen) atoms. The Morgan fingerprint density at radius 1 is 1.27 bits per heavy atom. The number of nitrogens with zero attached hydrogens (tertiary/aromatic N) is 1. The second kappa shape index (κ2) is 7.38. The summed E-state index contributed by atoms with van der Waals surface area (Å²) in [6, 6.07) is 9.35. The van der Waals surface area contributed by atoms with Gasteiger partial charge in [-0.25, -0.2) is 0 Å². The van der Waals surface area contributed by atoms with Crippen LogP contribution in [-0.4, -0.2) is 60.8 Å². The number of nitrogens with one attached hydrogen (secondary N) is 1. The predicted octanol–water partition coefficient (Wildman–Crippen LogP) is 0.124. The highest BCUT2D eigenvalue weighted by molar-refractivity contribution is 5.78. The van der Waals surface area contributed by atoms with E-state index in [1.54, 1.807) is 4.90 Å². The van der Waals surface area contributed by atoms with Gasteiger partial charge in [-0.1, -0.05) is 30.3 Å². The molecule has 1 aromatic rings. The van der Waals surface area contributed by atoms with Crippen molar-refractivity contribution in [1.29, 1.82) is 0 Å². The highest BCUT2D eigenvalue weighted by atomic mass is 16.5. The average Bonchev–Trinajstić information content (AvgIpc) is 2.47. The van der Waals surface area contributed by atoms with E-state index in [0.717, 1.165) is 5.56 Å². The first-order chi connectivity index (χ1) is 10.6. The molecule has 6 nitrogen and oxygen atoms in total. The van der Waals surface area contributed by atoms with Crippen molar-refractivity contribution in [3.05, 3.63) is 35.9 Å². The SMILES string of the molecule is COCC(=O)NC[C@@H]1[C@@H](c2ccccc2)[C@H](CO)N1C(C)=O. The van der Waals surface area contributed by atoms with Crippen LogP contribution in [0.2, 0.25) is 0 Å². The number of benzene rings is 1. The third-order valence-electron chi connectivity index (χ3n) is 4.06. The molecule has 1 aromatic carbocycles. The monoisotopic (exact) mass is 306 g/mol. The summed E-state index contributed by atoms with van der Waals surface area (Å²) < 4.78 is 4.78. The minimum Gasteiger partial charge on any atom is -0.394 e. The Morgan fingerprint density at radius 2 is 1.95 bits per heavy atom. The largest absolute Gasteiger partial charge is 0.394 e. The molecule has 0 radical (unpaired) electrons. The lowest BCUT2D eigenvalue weighted by Gasteiger charge is -2.54. The maximum atomic E-state index is 11.8. The van der Waals surface area contributed by atoms with E-state index in [2.05, 4.69) is 5.32 Å². The summed E-state index contributed by atoms with van der Waals surface area (Å²) in [7, 11) is 1.46. The molecule has 0 saturated carbocycles. The van der Waals surface area contributed by atoms with Gasteiger partial charge in [-0.3, -0.25) is 9.59 Å². The number of aliphatic hydroxyl groups is 1. The first-order valence-electron chi connectivity index (χ1n) is 7.30. The second-order valence-electron chi connectivity index (χ2n) is 5.42. The zero-order valence-electron chi connectivity index (χ0n) is 12.9. The Labute approximate surface area is 130 Å². The second-order valence-corrected chi connectivity index (χ2v) is 5.42. The van der Waals surface area contributed by atoms with Crippen molar-refractivity contribution in [3.8, 4) is 0 Å². The van der Waals surface area contributed by atoms with E-state index in [1.165, 1.54) is 14.0 Å². The van der Waals surface area contributed by atoms with Crippen LogP contribution in [-0.2, 0) is 14.3 Å². The first-order valence-corrected chi connectivity index (χ1v) is 7.30. The Balaban J connectivity index is 2.14. The number of likely N-dealkylation sites (tertiary alicyclic amines) is 1. The van der Waals surface area contributed by atoms with E-state index in [4.69, 9.17) is 4.74 Å². The molecule has 0 unspecified atom stereocenters. The van der Waals surface area contributed by atoms with E-state index in [0.29, 0.717) is 6.54 Å². The molecule has 3 atom stereocenters. The normalized spacial score (nSPS) is 23.8. The maximum absolute atomic E-state index is 11.8. The molecule has 6 heteroatoms. The van der Waals surface area contributed by atoms with Gasteiger partial charge in [0.15, 0.2) is 0 Å². The van der Waals surface area contributed by atoms with Gasteiger partial charge in [-0.2, -0.15) is 0 Å². The molecule has 1 saturated heterocycles. The summed E-state index contributed by atoms with van der Waals surface area (Å²) in [5, 5.41) is 12.4. The molecule has 2 amide bonds. The van der Waals surface area contributed by atoms with Crippen LogP contribution in [0.3, 0.4) is 0 Å². The predicted molar refractivity (Wildman–Crippen MR) is 81.3 cm³/mol. The number of carbonyl (C=O) groups excluding carboxylic acids is 2. The average molecular weight is 306 g/mol. The van der Waals surface area contributed by atoms with Gasteiger partial charge in [-0.15, -0.1) is 0 Å². The molecule has 1 fully saturated rings. The smallest absolute Gasteiger partial charge is 0.246 e. The number of aliphatic hydroxyl groups excluding tert-OH is 1. The summed E-state index contributed by atoms with van der Waals surface area (Å²) in [4.78, 5) is 25.0. The van der Waals surface area contributed by atoms with Crippen molar-refractivity contribution in [2.75, 3.05) is 26.9 Å². The fraction of sp³-hybridized carbons (Fsp3) is 0.500. The van der Waals surface area contributed by atoms with Crippen molar-refractivity contribution in [2.45, 2.75) is 24.9 Å². The minimum atomic E-state index is -0.246. The van der Waals surface area contributed by atoms with Crippen molar-refractivity contribution in [2.24, 2.45) is 0 Å². The van der Waals surface area contributed by atoms with Gasteiger partial charge in [0.2, 0.25) is 11.8 Å². The maximum Gasteiger partial charge on any atom is 0.246 e. The zero-order valence-corrected chi connectivity index (χ0v) is 12.9. The van der Waals surface area contributed by atoms with Gasteiger partial charge in [0.1, 0.15) is 6.61 Å². The van der Waals surface area contributed by atoms with Gasteiger partial charge in [0.25, 0.3) is 0 Å². The van der Waals surface area contributed by atoms with E-state index >= 15 is 0 Å². The number of methoxy groups -OCH3 is 1. The number of rotatable bonds is 6. The Morgan fingerprint density at radius 3 is 2.50 bits per heavy atom. The molecule has 0 spiro atoms. The molecule has 1 aliphatic rings. The molecule has 1 heterocycles. The van der Waals surface area contributed by atoms with Crippen LogP contribution in [0.25, 0.3) is 0 Å². The molecule has 2 rings (SSSR count). The van der Waals surface area contributed by atoms with E-state index in [-0.39, 0.29) is 43.0 Å². The lowest BCUT2D eigenvalue weighted by molar-refractivity contribution is -0.148. The number of hydrogen-bond donors (Lipinski definition) is 2. The number of ether oxygens (including phenoxy) is 1. The molecule has 1 aliphatic heterocycles. The van der Waals surface area contributed by atoms with Crippen LogP contribution in [0.5, 0.6) is 0 Å². The van der Waals surface area contributed by atoms with Gasteiger partial charge < -0.3 is 20.1 Å². The third kappa shape index (κ3) is 3.28. The van der Waals surface area contributed by atoms with Crippen LogP contribution in [0.1, 0.15) is 18.4 Å². The fourth-order valence-electron chi connectivity index (χ4n) is 3.16. The number of amides is 2. The zero-order chi connectivity index (χ0) is 16.1. The van der Waals surface area contributed by atoms with Crippen LogP contribution in [0, 0.1) is 0 Å². The van der Waals surface area contributed by atoms with Crippen LogP contribution >= 0.6 is 0 Å². The van der Waals surface area contributed by atoms with Crippen LogP contribution < -0.4 is 5.32 Å². The van der Waals surface area contributed by atoms with E-state index in [9.17, 15) is 14.7 Å². The summed E-state index contributed by atoms with van der Waals surface area (Å²) >= 11 is 0. The summed E-state index contributed by atoms with van der Waals surface area (Å²) in [5.41, 5.74) is 1.06. The van der Waals surface area contributed by atoms with Crippen LogP contribution in [0.4, 0.5) is 0 Å². The molecule has 2 N–H and O–H groups in total. The highest BCUT2D eigenvalue weighted by Crippen LogP contribution is 2.40.